The van der Waals surface area contributed by atoms with Gasteiger partial charge in [0.15, 0.2) is 5.75 Å². The molecule has 1 aromatic carbocycles. The zero-order valence-electron chi connectivity index (χ0n) is 9.38. The Morgan fingerprint density at radius 2 is 2.00 bits per heavy atom. The van der Waals surface area contributed by atoms with Crippen LogP contribution in [0.5, 0.6) is 11.6 Å². The van der Waals surface area contributed by atoms with Gasteiger partial charge in [0.2, 0.25) is 5.88 Å². The van der Waals surface area contributed by atoms with Gasteiger partial charge in [-0.05, 0) is 50.9 Å². The van der Waals surface area contributed by atoms with E-state index in [4.69, 9.17) is 10.5 Å². The maximum absolute atomic E-state index is 13.4. The maximum atomic E-state index is 13.4. The molecule has 0 aliphatic carbocycles. The second kappa shape index (κ2) is 5.24. The molecule has 94 valence electrons. The van der Waals surface area contributed by atoms with Crippen molar-refractivity contribution in [1.29, 1.82) is 0 Å². The standard InChI is InChI=1S/C12H9Br2FN2O/c1-6-2-7(13)5-17-12(6)18-11-4-9(15)8(14)3-10(11)16/h2-5H,16H2,1H3. The van der Waals surface area contributed by atoms with Crippen molar-refractivity contribution < 1.29 is 9.13 Å². The van der Waals surface area contributed by atoms with Gasteiger partial charge in [-0.2, -0.15) is 0 Å². The van der Waals surface area contributed by atoms with Crippen molar-refractivity contribution in [3.63, 3.8) is 0 Å². The minimum atomic E-state index is -0.436. The van der Waals surface area contributed by atoms with Crippen LogP contribution in [0.1, 0.15) is 5.56 Å². The fourth-order valence-corrected chi connectivity index (χ4v) is 2.18. The lowest BCUT2D eigenvalue weighted by atomic mass is 10.3. The zero-order valence-corrected chi connectivity index (χ0v) is 12.5. The van der Waals surface area contributed by atoms with Crippen LogP contribution in [0, 0.1) is 12.7 Å². The van der Waals surface area contributed by atoms with E-state index >= 15 is 0 Å². The number of aryl methyl sites for hydroxylation is 1. The third-order valence-electron chi connectivity index (χ3n) is 2.26. The molecule has 0 radical (unpaired) electrons. The van der Waals surface area contributed by atoms with Gasteiger partial charge in [-0.25, -0.2) is 9.37 Å². The first-order valence-corrected chi connectivity index (χ1v) is 6.60. The van der Waals surface area contributed by atoms with E-state index in [1.54, 1.807) is 6.20 Å². The maximum Gasteiger partial charge on any atom is 0.222 e. The van der Waals surface area contributed by atoms with Gasteiger partial charge in [-0.15, -0.1) is 0 Å². The van der Waals surface area contributed by atoms with E-state index in [-0.39, 0.29) is 5.75 Å². The van der Waals surface area contributed by atoms with Crippen LogP contribution >= 0.6 is 31.9 Å². The molecular formula is C12H9Br2FN2O. The lowest BCUT2D eigenvalue weighted by Crippen LogP contribution is -1.96. The minimum absolute atomic E-state index is 0.244. The van der Waals surface area contributed by atoms with Crippen LogP contribution in [0.15, 0.2) is 33.3 Å². The third kappa shape index (κ3) is 2.81. The van der Waals surface area contributed by atoms with Crippen LogP contribution in [0.2, 0.25) is 0 Å². The number of nitrogens with zero attached hydrogens (tertiary/aromatic N) is 1. The second-order valence-electron chi connectivity index (χ2n) is 3.68. The largest absolute Gasteiger partial charge is 0.436 e. The highest BCUT2D eigenvalue weighted by molar-refractivity contribution is 9.10. The van der Waals surface area contributed by atoms with Crippen molar-refractivity contribution in [2.24, 2.45) is 0 Å². The first-order valence-electron chi connectivity index (χ1n) is 5.02. The highest BCUT2D eigenvalue weighted by atomic mass is 79.9. The normalized spacial score (nSPS) is 10.4. The van der Waals surface area contributed by atoms with Gasteiger partial charge in [0.05, 0.1) is 10.2 Å². The molecule has 2 aromatic rings. The average molecular weight is 376 g/mol. The van der Waals surface area contributed by atoms with Gasteiger partial charge in [0.1, 0.15) is 5.82 Å². The van der Waals surface area contributed by atoms with Gasteiger partial charge in [0, 0.05) is 22.3 Å². The van der Waals surface area contributed by atoms with Crippen LogP contribution in [0.25, 0.3) is 0 Å². The van der Waals surface area contributed by atoms with E-state index in [9.17, 15) is 4.39 Å². The second-order valence-corrected chi connectivity index (χ2v) is 5.45. The SMILES string of the molecule is Cc1cc(Br)cnc1Oc1cc(F)c(Br)cc1N. The van der Waals surface area contributed by atoms with Gasteiger partial charge in [-0.3, -0.25) is 0 Å². The molecule has 3 nitrogen and oxygen atoms in total. The number of hydrogen-bond donors (Lipinski definition) is 1. The van der Waals surface area contributed by atoms with Crippen LogP contribution < -0.4 is 10.5 Å². The molecule has 18 heavy (non-hydrogen) atoms. The Morgan fingerprint density at radius 1 is 1.28 bits per heavy atom. The summed E-state index contributed by atoms with van der Waals surface area (Å²) in [5.74, 6) is 0.203. The summed E-state index contributed by atoms with van der Waals surface area (Å²) in [5, 5.41) is 0. The summed E-state index contributed by atoms with van der Waals surface area (Å²) < 4.78 is 20.1. The summed E-state index contributed by atoms with van der Waals surface area (Å²) >= 11 is 6.37. The number of ether oxygens (including phenoxy) is 1. The summed E-state index contributed by atoms with van der Waals surface area (Å²) in [5.41, 5.74) is 6.93. The topological polar surface area (TPSA) is 48.1 Å². The molecule has 0 atom stereocenters. The Bertz CT molecular complexity index is 605. The predicted molar refractivity (Wildman–Crippen MR) is 75.3 cm³/mol. The van der Waals surface area contributed by atoms with Crippen LogP contribution in [-0.2, 0) is 0 Å². The summed E-state index contributed by atoms with van der Waals surface area (Å²) in [6.45, 7) is 1.85. The summed E-state index contributed by atoms with van der Waals surface area (Å²) in [6, 6.07) is 4.54. The first-order chi connectivity index (χ1) is 8.47. The van der Waals surface area contributed by atoms with E-state index in [1.165, 1.54) is 12.1 Å². The Labute approximate surface area is 120 Å². The van der Waals surface area contributed by atoms with Gasteiger partial charge < -0.3 is 10.5 Å². The molecule has 1 heterocycles. The van der Waals surface area contributed by atoms with Gasteiger partial charge in [-0.1, -0.05) is 0 Å². The van der Waals surface area contributed by atoms with Gasteiger partial charge >= 0.3 is 0 Å². The first kappa shape index (κ1) is 13.3. The molecule has 0 amide bonds. The summed E-state index contributed by atoms with van der Waals surface area (Å²) in [6.07, 6.45) is 1.60. The molecule has 0 aliphatic rings. The molecule has 0 saturated heterocycles. The highest BCUT2D eigenvalue weighted by Crippen LogP contribution is 2.32. The molecule has 0 unspecified atom stereocenters. The Kier molecular flexibility index (Phi) is 3.87. The lowest BCUT2D eigenvalue weighted by molar-refractivity contribution is 0.456. The number of pyridine rings is 1. The van der Waals surface area contributed by atoms with Crippen LogP contribution in [0.4, 0.5) is 10.1 Å². The van der Waals surface area contributed by atoms with E-state index in [0.717, 1.165) is 10.0 Å². The van der Waals surface area contributed by atoms with Crippen LogP contribution in [-0.4, -0.2) is 4.98 Å². The van der Waals surface area contributed by atoms with E-state index in [2.05, 4.69) is 36.8 Å². The van der Waals surface area contributed by atoms with Crippen LogP contribution in [0.3, 0.4) is 0 Å². The molecule has 0 saturated carbocycles. The molecular weight excluding hydrogens is 367 g/mol. The Morgan fingerprint density at radius 3 is 2.67 bits per heavy atom. The molecule has 0 fully saturated rings. The van der Waals surface area contributed by atoms with Crippen molar-refractivity contribution >= 4 is 37.5 Å². The highest BCUT2D eigenvalue weighted by Gasteiger charge is 2.10. The monoisotopic (exact) mass is 374 g/mol. The summed E-state index contributed by atoms with van der Waals surface area (Å²) in [4.78, 5) is 4.11. The number of anilines is 1. The van der Waals surface area contributed by atoms with Gasteiger partial charge in [0.25, 0.3) is 0 Å². The molecule has 0 aliphatic heterocycles. The lowest BCUT2D eigenvalue weighted by Gasteiger charge is -2.10. The number of hydrogen-bond acceptors (Lipinski definition) is 3. The minimum Gasteiger partial charge on any atom is -0.436 e. The third-order valence-corrected chi connectivity index (χ3v) is 3.30. The molecule has 0 bridgehead atoms. The molecule has 2 N–H and O–H groups in total. The number of halogens is 3. The number of nitrogen functional groups attached to an aromatic ring is 1. The van der Waals surface area contributed by atoms with Crippen molar-refractivity contribution in [1.82, 2.24) is 4.98 Å². The predicted octanol–water partition coefficient (Wildman–Crippen LogP) is 4.43. The molecule has 1 aromatic heterocycles. The summed E-state index contributed by atoms with van der Waals surface area (Å²) in [7, 11) is 0. The van der Waals surface area contributed by atoms with Crippen molar-refractivity contribution in [3.05, 3.63) is 44.7 Å². The van der Waals surface area contributed by atoms with E-state index in [1.807, 2.05) is 13.0 Å². The average Bonchev–Trinajstić information content (AvgIpc) is 2.29. The van der Waals surface area contributed by atoms with Crippen molar-refractivity contribution in [2.45, 2.75) is 6.92 Å². The molecule has 0 spiro atoms. The fraction of sp³-hybridized carbons (Fsp3) is 0.0833. The fourth-order valence-electron chi connectivity index (χ4n) is 1.37. The Hall–Kier alpha value is -1.14. The molecule has 2 rings (SSSR count). The number of rotatable bonds is 2. The Balaban J connectivity index is 2.37. The smallest absolute Gasteiger partial charge is 0.222 e. The zero-order chi connectivity index (χ0) is 13.3. The number of benzene rings is 1. The van der Waals surface area contributed by atoms with Crippen molar-refractivity contribution in [2.75, 3.05) is 5.73 Å². The van der Waals surface area contributed by atoms with E-state index < -0.39 is 5.82 Å². The number of nitrogens with two attached hydrogens (primary N) is 1. The molecule has 6 heteroatoms. The van der Waals surface area contributed by atoms with E-state index in [0.29, 0.717) is 16.0 Å². The number of aromatic nitrogens is 1. The quantitative estimate of drug-likeness (QED) is 0.790. The van der Waals surface area contributed by atoms with Crippen molar-refractivity contribution in [3.8, 4) is 11.6 Å².